The van der Waals surface area contributed by atoms with Gasteiger partial charge >= 0.3 is 0 Å². The molecule has 1 atom stereocenters. The Morgan fingerprint density at radius 1 is 1.19 bits per heavy atom. The van der Waals surface area contributed by atoms with Crippen molar-refractivity contribution in [2.45, 2.75) is 38.7 Å². The van der Waals surface area contributed by atoms with Crippen molar-refractivity contribution in [3.8, 4) is 0 Å². The van der Waals surface area contributed by atoms with E-state index < -0.39 is 0 Å². The molecule has 0 aliphatic carbocycles. The van der Waals surface area contributed by atoms with Gasteiger partial charge in [0.05, 0.1) is 6.10 Å². The van der Waals surface area contributed by atoms with Gasteiger partial charge in [0.15, 0.2) is 5.96 Å². The number of guanidine groups is 1. The highest BCUT2D eigenvalue weighted by atomic mass is 16.5. The molecule has 1 saturated heterocycles. The van der Waals surface area contributed by atoms with Crippen LogP contribution in [0.5, 0.6) is 0 Å². The van der Waals surface area contributed by atoms with Crippen LogP contribution in [0.4, 0.5) is 0 Å². The first-order chi connectivity index (χ1) is 12.7. The van der Waals surface area contributed by atoms with E-state index in [1.165, 1.54) is 37.9 Å². The fraction of sp³-hybridized carbons (Fsp3) is 0.667. The molecule has 0 aromatic heterocycles. The molecule has 2 rings (SSSR count). The van der Waals surface area contributed by atoms with Crippen molar-refractivity contribution in [3.63, 3.8) is 0 Å². The number of aliphatic imine (C=N–C) groups is 1. The van der Waals surface area contributed by atoms with Crippen LogP contribution in [-0.2, 0) is 4.74 Å². The van der Waals surface area contributed by atoms with Gasteiger partial charge < -0.3 is 20.3 Å². The summed E-state index contributed by atoms with van der Waals surface area (Å²) in [5, 5.41) is 6.82. The third-order valence-electron chi connectivity index (χ3n) is 5.16. The Morgan fingerprint density at radius 3 is 2.58 bits per heavy atom. The molecule has 1 aromatic rings. The number of likely N-dealkylation sites (tertiary alicyclic amines) is 1. The number of rotatable bonds is 9. The van der Waals surface area contributed by atoms with Crippen LogP contribution >= 0.6 is 0 Å². The standard InChI is InChI=1S/C21H36N4O/c1-18(20-8-5-4-6-9-20)26-17-7-13-23-21(22-2)24-14-10-19-11-15-25(3)16-12-19/h4-6,8-9,18-19H,7,10-17H2,1-3H3,(H2,22,23,24). The van der Waals surface area contributed by atoms with Gasteiger partial charge in [-0.1, -0.05) is 30.3 Å². The average molecular weight is 361 g/mol. The van der Waals surface area contributed by atoms with Crippen molar-refractivity contribution in [3.05, 3.63) is 35.9 Å². The molecule has 1 unspecified atom stereocenters. The molecule has 0 amide bonds. The lowest BCUT2D eigenvalue weighted by Crippen LogP contribution is -2.39. The fourth-order valence-electron chi connectivity index (χ4n) is 3.33. The van der Waals surface area contributed by atoms with Gasteiger partial charge in [-0.15, -0.1) is 0 Å². The Balaban J connectivity index is 1.52. The zero-order valence-electron chi connectivity index (χ0n) is 16.7. The van der Waals surface area contributed by atoms with Crippen molar-refractivity contribution in [1.29, 1.82) is 0 Å². The van der Waals surface area contributed by atoms with Crippen LogP contribution in [0.15, 0.2) is 35.3 Å². The summed E-state index contributed by atoms with van der Waals surface area (Å²) in [5.74, 6) is 1.75. The summed E-state index contributed by atoms with van der Waals surface area (Å²) in [4.78, 5) is 6.73. The number of hydrogen-bond donors (Lipinski definition) is 2. The zero-order valence-corrected chi connectivity index (χ0v) is 16.7. The molecule has 146 valence electrons. The van der Waals surface area contributed by atoms with Crippen molar-refractivity contribution in [2.75, 3.05) is 46.9 Å². The number of ether oxygens (including phenoxy) is 1. The van der Waals surface area contributed by atoms with E-state index in [1.54, 1.807) is 0 Å². The highest BCUT2D eigenvalue weighted by molar-refractivity contribution is 5.79. The molecule has 5 nitrogen and oxygen atoms in total. The first-order valence-electron chi connectivity index (χ1n) is 9.98. The lowest BCUT2D eigenvalue weighted by molar-refractivity contribution is 0.0646. The van der Waals surface area contributed by atoms with Crippen LogP contribution in [-0.4, -0.2) is 57.7 Å². The SMILES string of the molecule is CN=C(NCCCOC(C)c1ccccc1)NCCC1CCN(C)CC1. The van der Waals surface area contributed by atoms with E-state index in [4.69, 9.17) is 4.74 Å². The van der Waals surface area contributed by atoms with Gasteiger partial charge in [-0.25, -0.2) is 0 Å². The quantitative estimate of drug-likeness (QED) is 0.404. The first-order valence-corrected chi connectivity index (χ1v) is 9.98. The van der Waals surface area contributed by atoms with E-state index in [2.05, 4.69) is 58.8 Å². The van der Waals surface area contributed by atoms with Crippen LogP contribution in [0.2, 0.25) is 0 Å². The van der Waals surface area contributed by atoms with E-state index in [-0.39, 0.29) is 6.10 Å². The molecule has 0 saturated carbocycles. The molecular formula is C21H36N4O. The summed E-state index contributed by atoms with van der Waals surface area (Å²) in [6, 6.07) is 10.4. The summed E-state index contributed by atoms with van der Waals surface area (Å²) in [6.07, 6.45) is 4.98. The largest absolute Gasteiger partial charge is 0.374 e. The Morgan fingerprint density at radius 2 is 1.88 bits per heavy atom. The number of nitrogens with one attached hydrogen (secondary N) is 2. The molecule has 2 N–H and O–H groups in total. The monoisotopic (exact) mass is 360 g/mol. The van der Waals surface area contributed by atoms with Crippen molar-refractivity contribution >= 4 is 5.96 Å². The van der Waals surface area contributed by atoms with Gasteiger partial charge in [0.2, 0.25) is 0 Å². The maximum atomic E-state index is 5.91. The maximum absolute atomic E-state index is 5.91. The van der Waals surface area contributed by atoms with E-state index >= 15 is 0 Å². The molecular weight excluding hydrogens is 324 g/mol. The predicted molar refractivity (Wildman–Crippen MR) is 110 cm³/mol. The number of nitrogens with zero attached hydrogens (tertiary/aromatic N) is 2. The Hall–Kier alpha value is -1.59. The second kappa shape index (κ2) is 11.9. The minimum absolute atomic E-state index is 0.142. The normalized spacial score (nSPS) is 17.9. The van der Waals surface area contributed by atoms with Crippen molar-refractivity contribution in [2.24, 2.45) is 10.9 Å². The minimum atomic E-state index is 0.142. The van der Waals surface area contributed by atoms with Crippen molar-refractivity contribution in [1.82, 2.24) is 15.5 Å². The van der Waals surface area contributed by atoms with Gasteiger partial charge in [-0.2, -0.15) is 0 Å². The molecule has 1 aromatic carbocycles. The molecule has 0 radical (unpaired) electrons. The van der Waals surface area contributed by atoms with Crippen molar-refractivity contribution < 1.29 is 4.74 Å². The molecule has 1 aliphatic rings. The number of hydrogen-bond acceptors (Lipinski definition) is 3. The van der Waals surface area contributed by atoms with Gasteiger partial charge in [0.1, 0.15) is 0 Å². The third-order valence-corrected chi connectivity index (χ3v) is 5.16. The summed E-state index contributed by atoms with van der Waals surface area (Å²) in [6.45, 7) is 7.19. The topological polar surface area (TPSA) is 48.9 Å². The van der Waals surface area contributed by atoms with E-state index in [0.717, 1.165) is 38.0 Å². The zero-order chi connectivity index (χ0) is 18.6. The Bertz CT molecular complexity index is 512. The van der Waals surface area contributed by atoms with E-state index in [9.17, 15) is 0 Å². The van der Waals surface area contributed by atoms with E-state index in [0.29, 0.717) is 0 Å². The molecule has 1 aliphatic heterocycles. The van der Waals surface area contributed by atoms with Gasteiger partial charge in [0, 0.05) is 26.7 Å². The Kier molecular flexibility index (Phi) is 9.50. The van der Waals surface area contributed by atoms with Crippen LogP contribution in [0.25, 0.3) is 0 Å². The third kappa shape index (κ3) is 7.75. The average Bonchev–Trinajstić information content (AvgIpc) is 2.68. The second-order valence-corrected chi connectivity index (χ2v) is 7.24. The molecule has 5 heteroatoms. The van der Waals surface area contributed by atoms with Crippen LogP contribution in [0, 0.1) is 5.92 Å². The van der Waals surface area contributed by atoms with Gasteiger partial charge in [-0.05, 0) is 64.2 Å². The molecule has 0 spiro atoms. The molecule has 1 heterocycles. The lowest BCUT2D eigenvalue weighted by Gasteiger charge is -2.29. The lowest BCUT2D eigenvalue weighted by atomic mass is 9.94. The number of benzene rings is 1. The minimum Gasteiger partial charge on any atom is -0.374 e. The second-order valence-electron chi connectivity index (χ2n) is 7.24. The summed E-state index contributed by atoms with van der Waals surface area (Å²) < 4.78 is 5.91. The smallest absolute Gasteiger partial charge is 0.190 e. The maximum Gasteiger partial charge on any atom is 0.190 e. The van der Waals surface area contributed by atoms with Gasteiger partial charge in [0.25, 0.3) is 0 Å². The van der Waals surface area contributed by atoms with E-state index in [1.807, 2.05) is 13.1 Å². The first kappa shape index (κ1) is 20.7. The van der Waals surface area contributed by atoms with Gasteiger partial charge in [-0.3, -0.25) is 4.99 Å². The molecule has 26 heavy (non-hydrogen) atoms. The Labute approximate surface area is 159 Å². The fourth-order valence-corrected chi connectivity index (χ4v) is 3.33. The van der Waals surface area contributed by atoms with Crippen LogP contribution < -0.4 is 10.6 Å². The summed E-state index contributed by atoms with van der Waals surface area (Å²) in [5.41, 5.74) is 1.23. The number of piperidine rings is 1. The molecule has 0 bridgehead atoms. The summed E-state index contributed by atoms with van der Waals surface area (Å²) >= 11 is 0. The highest BCUT2D eigenvalue weighted by Gasteiger charge is 2.16. The van der Waals surface area contributed by atoms with Crippen LogP contribution in [0.3, 0.4) is 0 Å². The summed E-state index contributed by atoms with van der Waals surface area (Å²) in [7, 11) is 4.05. The highest BCUT2D eigenvalue weighted by Crippen LogP contribution is 2.18. The van der Waals surface area contributed by atoms with Crippen LogP contribution in [0.1, 0.15) is 44.3 Å². The molecule has 1 fully saturated rings. The predicted octanol–water partition coefficient (Wildman–Crippen LogP) is 3.05.